The Kier molecular flexibility index (Phi) is 30.5. The Morgan fingerprint density at radius 3 is 1.78 bits per heavy atom. The summed E-state index contributed by atoms with van der Waals surface area (Å²) in [6.45, 7) is 3.43. The van der Waals surface area contributed by atoms with Crippen molar-refractivity contribution in [3.63, 3.8) is 0 Å². The van der Waals surface area contributed by atoms with Crippen molar-refractivity contribution in [2.45, 2.75) is 0 Å². The molecule has 3 nitrogen and oxygen atoms in total. The number of allylic oxidation sites excluding steroid dienone is 1. The molecule has 0 saturated carbocycles. The van der Waals surface area contributed by atoms with Gasteiger partial charge in [-0.2, -0.15) is 0 Å². The first-order valence-electron chi connectivity index (χ1n) is 1.74. The van der Waals surface area contributed by atoms with Crippen molar-refractivity contribution in [1.29, 1.82) is 0 Å². The Balaban J connectivity index is -0.0000000720. The van der Waals surface area contributed by atoms with Gasteiger partial charge in [0.25, 0.3) is 0 Å². The summed E-state index contributed by atoms with van der Waals surface area (Å²) in [5, 5.41) is 14.8. The molecule has 0 saturated heterocycles. The van der Waals surface area contributed by atoms with Gasteiger partial charge in [0.1, 0.15) is 0 Å². The predicted molar refractivity (Wildman–Crippen MR) is 41.8 cm³/mol. The monoisotopic (exact) mass is 316 g/mol. The van der Waals surface area contributed by atoms with Crippen molar-refractivity contribution in [2.24, 2.45) is 0 Å². The van der Waals surface area contributed by atoms with Crippen LogP contribution in [0, 0.1) is 0 Å². The topological polar surface area (TPSA) is 57.5 Å². The van der Waals surface area contributed by atoms with Crippen LogP contribution in [-0.4, -0.2) is 90.6 Å². The summed E-state index contributed by atoms with van der Waals surface area (Å²) in [6, 6.07) is 0. The predicted octanol–water partition coefficient (Wildman–Crippen LogP) is 1.14. The maximum atomic E-state index is 8.56. The number of rotatable bonds is 1. The molecule has 0 aliphatic carbocycles. The third kappa shape index (κ3) is 84.0. The molecule has 50 valence electrons. The van der Waals surface area contributed by atoms with Crippen LogP contribution >= 0.6 is 15.9 Å². The minimum absolute atomic E-state index is 0. The Morgan fingerprint density at radius 1 is 1.67 bits per heavy atom. The minimum atomic E-state index is -1.83. The van der Waals surface area contributed by atoms with E-state index in [0.717, 1.165) is 5.33 Å². The van der Waals surface area contributed by atoms with Crippen LogP contribution in [0.1, 0.15) is 0 Å². The molecule has 9 heavy (non-hydrogen) atoms. The molecule has 0 amide bonds. The van der Waals surface area contributed by atoms with Crippen LogP contribution in [0.25, 0.3) is 0 Å². The van der Waals surface area contributed by atoms with E-state index in [9.17, 15) is 0 Å². The average Bonchev–Trinajstić information content (AvgIpc) is 1.65. The van der Waals surface area contributed by atoms with Crippen LogP contribution in [0.5, 0.6) is 0 Å². The molecule has 0 aliphatic heterocycles. The molecule has 0 heterocycles. The summed E-state index contributed by atoms with van der Waals surface area (Å²) in [5.74, 6) is 0. The van der Waals surface area contributed by atoms with Crippen LogP contribution < -0.4 is 0 Å². The standard InChI is InChI=1S/C3H5Br.CH2O3.Cs.H/c1-2-3-4;2-1(3)4;;/h2H,1,3H2;(H2,2,3,4);;. The summed E-state index contributed by atoms with van der Waals surface area (Å²) in [4.78, 5) is 8.56. The Hall–Kier alpha value is 1.54. The van der Waals surface area contributed by atoms with Gasteiger partial charge in [0, 0.05) is 5.33 Å². The maximum absolute atomic E-state index is 8.56. The molecule has 0 aromatic carbocycles. The second kappa shape index (κ2) is 16.3. The molecule has 0 rings (SSSR count). The summed E-state index contributed by atoms with van der Waals surface area (Å²) < 4.78 is 0. The van der Waals surface area contributed by atoms with Gasteiger partial charge in [-0.25, -0.2) is 4.79 Å². The molecule has 0 aliphatic rings. The molecule has 0 aromatic rings. The molecule has 0 bridgehead atoms. The van der Waals surface area contributed by atoms with E-state index in [-0.39, 0.29) is 68.9 Å². The summed E-state index contributed by atoms with van der Waals surface area (Å²) >= 11 is 3.13. The summed E-state index contributed by atoms with van der Waals surface area (Å²) in [7, 11) is 0. The molecule has 2 N–H and O–H groups in total. The van der Waals surface area contributed by atoms with Crippen LogP contribution in [0.3, 0.4) is 0 Å². The molecule has 0 radical (unpaired) electrons. The van der Waals surface area contributed by atoms with Gasteiger partial charge in [0.2, 0.25) is 0 Å². The van der Waals surface area contributed by atoms with Crippen molar-refractivity contribution >= 4 is 91.0 Å². The molecule has 0 spiro atoms. The number of hydrogen-bond acceptors (Lipinski definition) is 1. The Morgan fingerprint density at radius 2 is 1.78 bits per heavy atom. The zero-order valence-corrected chi connectivity index (χ0v) is 5.76. The van der Waals surface area contributed by atoms with E-state index in [1.165, 1.54) is 0 Å². The number of carboxylic acid groups (broad SMARTS) is 2. The quantitative estimate of drug-likeness (QED) is 0.563. The normalized spacial score (nSPS) is 5.44. The third-order valence-electron chi connectivity index (χ3n) is 0.109. The van der Waals surface area contributed by atoms with E-state index in [0.29, 0.717) is 0 Å². The number of carbonyl (C=O) groups is 1. The molecule has 0 atom stereocenters. The molecule has 0 fully saturated rings. The van der Waals surface area contributed by atoms with E-state index in [1.807, 2.05) is 0 Å². The van der Waals surface area contributed by atoms with Crippen LogP contribution in [0.15, 0.2) is 12.7 Å². The van der Waals surface area contributed by atoms with Crippen LogP contribution in [0.4, 0.5) is 4.79 Å². The van der Waals surface area contributed by atoms with Crippen molar-refractivity contribution in [3.8, 4) is 0 Å². The fourth-order valence-electron chi connectivity index (χ4n) is 0. The molecule has 0 unspecified atom stereocenters. The van der Waals surface area contributed by atoms with Gasteiger partial charge in [0.05, 0.1) is 0 Å². The first kappa shape index (κ1) is 16.9. The van der Waals surface area contributed by atoms with Crippen molar-refractivity contribution in [2.75, 3.05) is 5.33 Å². The zero-order valence-electron chi connectivity index (χ0n) is 4.17. The third-order valence-corrected chi connectivity index (χ3v) is 0.567. The van der Waals surface area contributed by atoms with Gasteiger partial charge >= 0.3 is 75.0 Å². The van der Waals surface area contributed by atoms with Gasteiger partial charge in [-0.15, -0.1) is 6.58 Å². The van der Waals surface area contributed by atoms with Crippen molar-refractivity contribution in [1.82, 2.24) is 0 Å². The molecular formula is C4H8BrCsO3. The van der Waals surface area contributed by atoms with Crippen LogP contribution in [-0.2, 0) is 0 Å². The average molecular weight is 317 g/mol. The second-order valence-electron chi connectivity index (χ2n) is 0.726. The SMILES string of the molecule is C=CCBr.O=C(O)O.[CsH]. The van der Waals surface area contributed by atoms with E-state index >= 15 is 0 Å². The number of hydrogen-bond donors (Lipinski definition) is 2. The molecule has 0 aromatic heterocycles. The first-order chi connectivity index (χ1) is 3.65. The number of alkyl halides is 1. The molecule has 5 heteroatoms. The van der Waals surface area contributed by atoms with Gasteiger partial charge < -0.3 is 10.2 Å². The van der Waals surface area contributed by atoms with E-state index < -0.39 is 6.16 Å². The second-order valence-corrected chi connectivity index (χ2v) is 1.37. The van der Waals surface area contributed by atoms with Crippen molar-refractivity contribution < 1.29 is 15.0 Å². The zero-order chi connectivity index (χ0) is 6.99. The summed E-state index contributed by atoms with van der Waals surface area (Å²) in [5.41, 5.74) is 0. The Labute approximate surface area is 121 Å². The van der Waals surface area contributed by atoms with Gasteiger partial charge in [-0.3, -0.25) is 0 Å². The van der Waals surface area contributed by atoms with E-state index in [1.54, 1.807) is 6.08 Å². The van der Waals surface area contributed by atoms with Crippen LogP contribution in [0.2, 0.25) is 0 Å². The first-order valence-corrected chi connectivity index (χ1v) is 2.86. The Bertz CT molecular complexity index is 72.2. The van der Waals surface area contributed by atoms with Gasteiger partial charge in [0.15, 0.2) is 0 Å². The fourth-order valence-corrected chi connectivity index (χ4v) is 0. The fraction of sp³-hybridized carbons (Fsp3) is 0.250. The summed E-state index contributed by atoms with van der Waals surface area (Å²) in [6.07, 6.45) is -0.0417. The van der Waals surface area contributed by atoms with E-state index in [4.69, 9.17) is 15.0 Å². The molecular weight excluding hydrogens is 309 g/mol. The number of halogens is 1. The van der Waals surface area contributed by atoms with Crippen molar-refractivity contribution in [3.05, 3.63) is 12.7 Å². The van der Waals surface area contributed by atoms with Gasteiger partial charge in [-0.1, -0.05) is 22.0 Å². The van der Waals surface area contributed by atoms with Gasteiger partial charge in [-0.05, 0) is 0 Å². The van der Waals surface area contributed by atoms with E-state index in [2.05, 4.69) is 22.5 Å².